The Morgan fingerprint density at radius 1 is 1.65 bits per heavy atom. The molecule has 5 heteroatoms. The van der Waals surface area contributed by atoms with Crippen molar-refractivity contribution in [3.63, 3.8) is 0 Å². The standard InChI is InChI=1S/C12H15BrO3S/c1-11(2,4-10(14)15)12(6-16-7-12)9-3-8(13)5-17-9/h3,5H,4,6-7H2,1-2H3,(H,14,15). The Morgan fingerprint density at radius 2 is 2.29 bits per heavy atom. The molecule has 2 rings (SSSR count). The smallest absolute Gasteiger partial charge is 0.303 e. The fourth-order valence-electron chi connectivity index (χ4n) is 2.28. The van der Waals surface area contributed by atoms with Gasteiger partial charge in [-0.05, 0) is 27.4 Å². The van der Waals surface area contributed by atoms with E-state index in [9.17, 15) is 4.79 Å². The summed E-state index contributed by atoms with van der Waals surface area (Å²) in [5, 5.41) is 11.1. The highest BCUT2D eigenvalue weighted by atomic mass is 79.9. The summed E-state index contributed by atoms with van der Waals surface area (Å²) in [5.74, 6) is -0.753. The minimum atomic E-state index is -0.753. The van der Waals surface area contributed by atoms with Crippen LogP contribution in [0.2, 0.25) is 0 Å². The Labute approximate surface area is 113 Å². The molecule has 0 radical (unpaired) electrons. The fraction of sp³-hybridized carbons (Fsp3) is 0.583. The van der Waals surface area contributed by atoms with E-state index in [4.69, 9.17) is 9.84 Å². The van der Waals surface area contributed by atoms with Gasteiger partial charge in [-0.2, -0.15) is 0 Å². The maximum absolute atomic E-state index is 11.0. The number of hydrogen-bond acceptors (Lipinski definition) is 3. The molecule has 0 amide bonds. The van der Waals surface area contributed by atoms with Crippen LogP contribution in [0.25, 0.3) is 0 Å². The van der Waals surface area contributed by atoms with Crippen LogP contribution in [0.3, 0.4) is 0 Å². The molecular formula is C12H15BrO3S. The van der Waals surface area contributed by atoms with Crippen molar-refractivity contribution in [1.29, 1.82) is 0 Å². The molecule has 0 aliphatic carbocycles. The number of carbonyl (C=O) groups is 1. The first-order valence-corrected chi connectivity index (χ1v) is 7.09. The SMILES string of the molecule is CC(C)(CC(=O)O)C1(c2cc(Br)cs2)COC1. The van der Waals surface area contributed by atoms with E-state index >= 15 is 0 Å². The Hall–Kier alpha value is -0.390. The molecule has 0 atom stereocenters. The van der Waals surface area contributed by atoms with Gasteiger partial charge in [-0.25, -0.2) is 0 Å². The van der Waals surface area contributed by atoms with E-state index in [-0.39, 0.29) is 17.3 Å². The predicted octanol–water partition coefficient (Wildman–Crippen LogP) is 3.28. The Kier molecular flexibility index (Phi) is 3.36. The molecule has 3 nitrogen and oxygen atoms in total. The van der Waals surface area contributed by atoms with Crippen LogP contribution < -0.4 is 0 Å². The van der Waals surface area contributed by atoms with Gasteiger partial charge in [0.25, 0.3) is 0 Å². The molecular weight excluding hydrogens is 304 g/mol. The van der Waals surface area contributed by atoms with Crippen molar-refractivity contribution in [2.45, 2.75) is 25.7 Å². The van der Waals surface area contributed by atoms with E-state index in [0.29, 0.717) is 13.2 Å². The second-order valence-corrected chi connectivity index (χ2v) is 6.99. The first-order chi connectivity index (χ1) is 7.87. The molecule has 0 bridgehead atoms. The molecule has 94 valence electrons. The Balaban J connectivity index is 2.34. The van der Waals surface area contributed by atoms with Crippen molar-refractivity contribution in [1.82, 2.24) is 0 Å². The van der Waals surface area contributed by atoms with Gasteiger partial charge in [0.2, 0.25) is 0 Å². The molecule has 1 aliphatic rings. The average molecular weight is 319 g/mol. The second kappa shape index (κ2) is 4.37. The zero-order valence-electron chi connectivity index (χ0n) is 9.83. The average Bonchev–Trinajstić information content (AvgIpc) is 2.46. The highest BCUT2D eigenvalue weighted by Crippen LogP contribution is 2.51. The van der Waals surface area contributed by atoms with Crippen LogP contribution in [-0.4, -0.2) is 24.3 Å². The summed E-state index contributed by atoms with van der Waals surface area (Å²) in [6.07, 6.45) is 0.159. The van der Waals surface area contributed by atoms with E-state index < -0.39 is 5.97 Å². The van der Waals surface area contributed by atoms with Gasteiger partial charge in [0.15, 0.2) is 0 Å². The third-order valence-corrected chi connectivity index (χ3v) is 5.52. The summed E-state index contributed by atoms with van der Waals surface area (Å²) in [6.45, 7) is 5.25. The first-order valence-electron chi connectivity index (χ1n) is 5.41. The number of hydrogen-bond donors (Lipinski definition) is 1. The summed E-state index contributed by atoms with van der Waals surface area (Å²) in [7, 11) is 0. The highest BCUT2D eigenvalue weighted by Gasteiger charge is 2.53. The zero-order chi connectivity index (χ0) is 12.7. The molecule has 0 unspecified atom stereocenters. The van der Waals surface area contributed by atoms with Gasteiger partial charge in [0.1, 0.15) is 0 Å². The van der Waals surface area contributed by atoms with Gasteiger partial charge in [-0.3, -0.25) is 4.79 Å². The van der Waals surface area contributed by atoms with Crippen molar-refractivity contribution in [2.75, 3.05) is 13.2 Å². The lowest BCUT2D eigenvalue weighted by Gasteiger charge is -2.51. The van der Waals surface area contributed by atoms with E-state index in [2.05, 4.69) is 22.0 Å². The van der Waals surface area contributed by atoms with Crippen molar-refractivity contribution in [3.05, 3.63) is 20.8 Å². The number of halogens is 1. The molecule has 1 N–H and O–H groups in total. The van der Waals surface area contributed by atoms with Crippen LogP contribution >= 0.6 is 27.3 Å². The molecule has 1 aromatic heterocycles. The van der Waals surface area contributed by atoms with Crippen LogP contribution in [0.1, 0.15) is 25.1 Å². The lowest BCUT2D eigenvalue weighted by molar-refractivity contribution is -0.150. The largest absolute Gasteiger partial charge is 0.481 e. The summed E-state index contributed by atoms with van der Waals surface area (Å²) in [6, 6.07) is 2.08. The Bertz CT molecular complexity index is 435. The molecule has 0 spiro atoms. The third kappa shape index (κ3) is 2.16. The first kappa shape index (κ1) is 13.1. The topological polar surface area (TPSA) is 46.5 Å². The van der Waals surface area contributed by atoms with E-state index in [1.165, 1.54) is 4.88 Å². The highest BCUT2D eigenvalue weighted by molar-refractivity contribution is 9.10. The summed E-state index contributed by atoms with van der Waals surface area (Å²) in [4.78, 5) is 12.2. The van der Waals surface area contributed by atoms with Gasteiger partial charge in [0, 0.05) is 14.7 Å². The minimum Gasteiger partial charge on any atom is -0.481 e. The lowest BCUT2D eigenvalue weighted by Crippen LogP contribution is -2.57. The van der Waals surface area contributed by atoms with Crippen LogP contribution in [0.15, 0.2) is 15.9 Å². The number of carboxylic acids is 1. The molecule has 2 heterocycles. The summed E-state index contributed by atoms with van der Waals surface area (Å²) < 4.78 is 6.42. The summed E-state index contributed by atoms with van der Waals surface area (Å²) in [5.41, 5.74) is -0.455. The molecule has 1 saturated heterocycles. The number of rotatable bonds is 4. The van der Waals surface area contributed by atoms with Crippen LogP contribution in [0.4, 0.5) is 0 Å². The lowest BCUT2D eigenvalue weighted by atomic mass is 9.61. The van der Waals surface area contributed by atoms with E-state index in [1.807, 2.05) is 19.2 Å². The molecule has 0 aromatic carbocycles. The van der Waals surface area contributed by atoms with Crippen molar-refractivity contribution in [3.8, 4) is 0 Å². The monoisotopic (exact) mass is 318 g/mol. The van der Waals surface area contributed by atoms with Gasteiger partial charge < -0.3 is 9.84 Å². The number of aliphatic carboxylic acids is 1. The zero-order valence-corrected chi connectivity index (χ0v) is 12.2. The normalized spacial score (nSPS) is 18.8. The molecule has 1 fully saturated rings. The van der Waals surface area contributed by atoms with Gasteiger partial charge in [0.05, 0.1) is 25.0 Å². The minimum absolute atomic E-state index is 0.151. The second-order valence-electron chi connectivity index (χ2n) is 5.16. The predicted molar refractivity (Wildman–Crippen MR) is 70.5 cm³/mol. The third-order valence-electron chi connectivity index (χ3n) is 3.62. The van der Waals surface area contributed by atoms with Crippen LogP contribution in [0, 0.1) is 5.41 Å². The quantitative estimate of drug-likeness (QED) is 0.926. The maximum Gasteiger partial charge on any atom is 0.303 e. The van der Waals surface area contributed by atoms with Crippen LogP contribution in [-0.2, 0) is 14.9 Å². The van der Waals surface area contributed by atoms with Crippen molar-refractivity contribution in [2.24, 2.45) is 5.41 Å². The number of carboxylic acid groups (broad SMARTS) is 1. The van der Waals surface area contributed by atoms with Crippen molar-refractivity contribution < 1.29 is 14.6 Å². The number of ether oxygens (including phenoxy) is 1. The van der Waals surface area contributed by atoms with Gasteiger partial charge >= 0.3 is 5.97 Å². The van der Waals surface area contributed by atoms with E-state index in [1.54, 1.807) is 11.3 Å². The number of thiophene rings is 1. The Morgan fingerprint density at radius 3 is 2.65 bits per heavy atom. The molecule has 17 heavy (non-hydrogen) atoms. The van der Waals surface area contributed by atoms with Crippen molar-refractivity contribution >= 4 is 33.2 Å². The summed E-state index contributed by atoms with van der Waals surface area (Å²) >= 11 is 5.12. The van der Waals surface area contributed by atoms with Crippen LogP contribution in [0.5, 0.6) is 0 Å². The molecule has 0 saturated carbocycles. The van der Waals surface area contributed by atoms with Gasteiger partial charge in [-0.15, -0.1) is 11.3 Å². The van der Waals surface area contributed by atoms with E-state index in [0.717, 1.165) is 4.47 Å². The van der Waals surface area contributed by atoms with Gasteiger partial charge in [-0.1, -0.05) is 13.8 Å². The molecule has 1 aliphatic heterocycles. The molecule has 1 aromatic rings. The fourth-order valence-corrected chi connectivity index (χ4v) is 4.07. The maximum atomic E-state index is 11.0.